The monoisotopic (exact) mass is 419 g/mol. The van der Waals surface area contributed by atoms with Gasteiger partial charge in [-0.15, -0.1) is 0 Å². The van der Waals surface area contributed by atoms with Crippen molar-refractivity contribution in [2.75, 3.05) is 20.3 Å². The molecular formula is C17H23Cl2N3O5. The van der Waals surface area contributed by atoms with E-state index in [1.807, 2.05) is 0 Å². The summed E-state index contributed by atoms with van der Waals surface area (Å²) in [7, 11) is 1.35. The summed E-state index contributed by atoms with van der Waals surface area (Å²) in [4.78, 5) is 28.8. The van der Waals surface area contributed by atoms with E-state index in [0.717, 1.165) is 0 Å². The van der Waals surface area contributed by atoms with E-state index in [2.05, 4.69) is 15.8 Å². The van der Waals surface area contributed by atoms with Crippen molar-refractivity contribution in [1.82, 2.24) is 10.6 Å². The Hall–Kier alpha value is -2.03. The highest BCUT2D eigenvalue weighted by Gasteiger charge is 2.24. The number of hydrogen-bond donors (Lipinski definition) is 3. The number of benzene rings is 1. The molecule has 0 radical (unpaired) electrons. The van der Waals surface area contributed by atoms with E-state index in [4.69, 9.17) is 32.8 Å². The smallest absolute Gasteiger partial charge is 0.408 e. The summed E-state index contributed by atoms with van der Waals surface area (Å²) in [5.74, 6) is -0.628. The van der Waals surface area contributed by atoms with Crippen molar-refractivity contribution in [1.29, 1.82) is 0 Å². The summed E-state index contributed by atoms with van der Waals surface area (Å²) in [6, 6.07) is 3.60. The Balaban J connectivity index is 2.78. The summed E-state index contributed by atoms with van der Waals surface area (Å²) < 4.78 is 5.07. The van der Waals surface area contributed by atoms with Crippen LogP contribution < -0.4 is 10.6 Å². The fourth-order valence-electron chi connectivity index (χ4n) is 1.95. The molecule has 0 aliphatic rings. The standard InChI is InChI=1S/C17H23Cl2N3O5/c1-17(2,3)27-16(25)21-14(9-23)15(24)20-8-13(22-26-4)11-6-5-10(18)7-12(11)19/h5-7,14,23H,8-9H2,1-4H3,(H,20,24)(H,21,25). The average molecular weight is 420 g/mol. The van der Waals surface area contributed by atoms with Crippen LogP contribution in [0.2, 0.25) is 10.0 Å². The number of amides is 2. The van der Waals surface area contributed by atoms with Gasteiger partial charge < -0.3 is 25.3 Å². The minimum Gasteiger partial charge on any atom is -0.444 e. The third-order valence-electron chi connectivity index (χ3n) is 3.06. The van der Waals surface area contributed by atoms with Gasteiger partial charge in [-0.05, 0) is 39.0 Å². The number of nitrogens with one attached hydrogen (secondary N) is 2. The van der Waals surface area contributed by atoms with Gasteiger partial charge in [-0.1, -0.05) is 28.4 Å². The molecule has 0 bridgehead atoms. The van der Waals surface area contributed by atoms with Gasteiger partial charge in [-0.25, -0.2) is 4.79 Å². The SMILES string of the molecule is CON=C(CNC(=O)C(CO)NC(=O)OC(C)(C)C)c1ccc(Cl)cc1Cl. The maximum absolute atomic E-state index is 12.3. The largest absolute Gasteiger partial charge is 0.444 e. The summed E-state index contributed by atoms with van der Waals surface area (Å²) in [5.41, 5.74) is 0.120. The molecule has 0 aliphatic carbocycles. The molecule has 150 valence electrons. The van der Waals surface area contributed by atoms with Crippen molar-refractivity contribution >= 4 is 40.9 Å². The molecule has 8 nitrogen and oxygen atoms in total. The van der Waals surface area contributed by atoms with Crippen molar-refractivity contribution in [2.24, 2.45) is 5.16 Å². The van der Waals surface area contributed by atoms with E-state index < -0.39 is 30.3 Å². The molecule has 0 saturated carbocycles. The lowest BCUT2D eigenvalue weighted by atomic mass is 10.1. The minimum absolute atomic E-state index is 0.0550. The van der Waals surface area contributed by atoms with E-state index in [0.29, 0.717) is 21.3 Å². The van der Waals surface area contributed by atoms with Gasteiger partial charge >= 0.3 is 6.09 Å². The molecule has 1 aromatic carbocycles. The molecule has 0 heterocycles. The summed E-state index contributed by atoms with van der Waals surface area (Å²) >= 11 is 12.0. The Morgan fingerprint density at radius 2 is 1.96 bits per heavy atom. The molecular weight excluding hydrogens is 397 g/mol. The lowest BCUT2D eigenvalue weighted by Gasteiger charge is -2.22. The van der Waals surface area contributed by atoms with Crippen LogP contribution in [0, 0.1) is 0 Å². The van der Waals surface area contributed by atoms with Crippen molar-refractivity contribution in [3.63, 3.8) is 0 Å². The fourth-order valence-corrected chi connectivity index (χ4v) is 2.47. The van der Waals surface area contributed by atoms with Gasteiger partial charge in [-0.2, -0.15) is 0 Å². The molecule has 0 aliphatic heterocycles. The summed E-state index contributed by atoms with van der Waals surface area (Å²) in [6.45, 7) is 4.39. The third kappa shape index (κ3) is 8.03. The molecule has 0 aromatic heterocycles. The van der Waals surface area contributed by atoms with Crippen molar-refractivity contribution in [2.45, 2.75) is 32.4 Å². The van der Waals surface area contributed by atoms with Crippen LogP contribution in [0.3, 0.4) is 0 Å². The van der Waals surface area contributed by atoms with Crippen LogP contribution in [-0.4, -0.2) is 54.7 Å². The molecule has 0 spiro atoms. The maximum atomic E-state index is 12.3. The highest BCUT2D eigenvalue weighted by atomic mass is 35.5. The molecule has 3 N–H and O–H groups in total. The zero-order chi connectivity index (χ0) is 20.6. The third-order valence-corrected chi connectivity index (χ3v) is 3.61. The van der Waals surface area contributed by atoms with Crippen LogP contribution in [0.1, 0.15) is 26.3 Å². The van der Waals surface area contributed by atoms with Gasteiger partial charge in [0.2, 0.25) is 5.91 Å². The molecule has 27 heavy (non-hydrogen) atoms. The number of carbonyl (C=O) groups excluding carboxylic acids is 2. The zero-order valence-electron chi connectivity index (χ0n) is 15.5. The van der Waals surface area contributed by atoms with Crippen molar-refractivity contribution < 1.29 is 24.3 Å². The molecule has 0 fully saturated rings. The second-order valence-corrected chi connectivity index (χ2v) is 7.29. The highest BCUT2D eigenvalue weighted by Crippen LogP contribution is 2.21. The first-order valence-corrected chi connectivity index (χ1v) is 8.76. The molecule has 1 aromatic rings. The Morgan fingerprint density at radius 1 is 1.30 bits per heavy atom. The van der Waals surface area contributed by atoms with Crippen molar-refractivity contribution in [3.8, 4) is 0 Å². The van der Waals surface area contributed by atoms with Gasteiger partial charge in [0, 0.05) is 10.6 Å². The van der Waals surface area contributed by atoms with E-state index in [9.17, 15) is 14.7 Å². The van der Waals surface area contributed by atoms with Gasteiger partial charge in [0.1, 0.15) is 24.5 Å². The second-order valence-electron chi connectivity index (χ2n) is 6.44. The lowest BCUT2D eigenvalue weighted by molar-refractivity contribution is -0.123. The lowest BCUT2D eigenvalue weighted by Crippen LogP contribution is -2.51. The number of oxime groups is 1. The van der Waals surface area contributed by atoms with Gasteiger partial charge in [0.25, 0.3) is 0 Å². The maximum Gasteiger partial charge on any atom is 0.408 e. The molecule has 10 heteroatoms. The molecule has 1 unspecified atom stereocenters. The molecule has 1 atom stereocenters. The van der Waals surface area contributed by atoms with Gasteiger partial charge in [0.05, 0.1) is 18.2 Å². The molecule has 1 rings (SSSR count). The summed E-state index contributed by atoms with van der Waals surface area (Å²) in [5, 5.41) is 18.9. The van der Waals surface area contributed by atoms with Crippen LogP contribution in [0.25, 0.3) is 0 Å². The van der Waals surface area contributed by atoms with Gasteiger partial charge in [0.15, 0.2) is 0 Å². The zero-order valence-corrected chi connectivity index (χ0v) is 17.0. The van der Waals surface area contributed by atoms with E-state index >= 15 is 0 Å². The number of hydrogen-bond acceptors (Lipinski definition) is 6. The number of nitrogens with zero attached hydrogens (tertiary/aromatic N) is 1. The minimum atomic E-state index is -1.19. The number of rotatable bonds is 7. The van der Waals surface area contributed by atoms with Crippen LogP contribution in [0.5, 0.6) is 0 Å². The normalized spacial score (nSPS) is 12.9. The molecule has 0 saturated heterocycles. The Bertz CT molecular complexity index is 704. The summed E-state index contributed by atoms with van der Waals surface area (Å²) in [6.07, 6.45) is -0.816. The van der Waals surface area contributed by atoms with Crippen molar-refractivity contribution in [3.05, 3.63) is 33.8 Å². The Morgan fingerprint density at radius 3 is 2.48 bits per heavy atom. The van der Waals surface area contributed by atoms with Crippen LogP contribution in [0.4, 0.5) is 4.79 Å². The van der Waals surface area contributed by atoms with Crippen LogP contribution in [-0.2, 0) is 14.4 Å². The average Bonchev–Trinajstić information content (AvgIpc) is 2.55. The predicted octanol–water partition coefficient (Wildman–Crippen LogP) is 2.35. The Labute approximate surface area is 167 Å². The van der Waals surface area contributed by atoms with Gasteiger partial charge in [-0.3, -0.25) is 4.79 Å². The number of alkyl carbamates (subject to hydrolysis) is 1. The quantitative estimate of drug-likeness (QED) is 0.464. The van der Waals surface area contributed by atoms with E-state index in [1.165, 1.54) is 13.2 Å². The number of carbonyl (C=O) groups is 2. The first kappa shape index (κ1) is 23.0. The number of aliphatic hydroxyl groups is 1. The molecule has 2 amide bonds. The second kappa shape index (κ2) is 10.3. The van der Waals surface area contributed by atoms with E-state index in [-0.39, 0.29) is 6.54 Å². The first-order valence-electron chi connectivity index (χ1n) is 8.01. The first-order chi connectivity index (χ1) is 12.6. The highest BCUT2D eigenvalue weighted by molar-refractivity contribution is 6.37. The number of halogens is 2. The van der Waals surface area contributed by atoms with Crippen LogP contribution in [0.15, 0.2) is 23.4 Å². The fraction of sp³-hybridized carbons (Fsp3) is 0.471. The Kier molecular flexibility index (Phi) is 8.81. The topological polar surface area (TPSA) is 109 Å². The van der Waals surface area contributed by atoms with E-state index in [1.54, 1.807) is 32.9 Å². The number of aliphatic hydroxyl groups excluding tert-OH is 1. The number of ether oxygens (including phenoxy) is 1. The predicted molar refractivity (Wildman–Crippen MR) is 103 cm³/mol. The van der Waals surface area contributed by atoms with Crippen LogP contribution >= 0.6 is 23.2 Å².